The fraction of sp³-hybridized carbons (Fsp3) is 0.476. The van der Waals surface area contributed by atoms with E-state index in [4.69, 9.17) is 0 Å². The summed E-state index contributed by atoms with van der Waals surface area (Å²) in [4.78, 5) is 7.06. The van der Waals surface area contributed by atoms with Crippen LogP contribution in [0.2, 0.25) is 0 Å². The minimum Gasteiger partial charge on any atom is -0.301 e. The summed E-state index contributed by atoms with van der Waals surface area (Å²) in [5.74, 6) is 0.718. The first-order chi connectivity index (χ1) is 11.2. The molecule has 0 spiro atoms. The number of allylic oxidation sites excluding steroid dienone is 1. The van der Waals surface area contributed by atoms with Gasteiger partial charge in [-0.3, -0.25) is 4.98 Å². The van der Waals surface area contributed by atoms with E-state index in [1.807, 2.05) is 12.3 Å². The van der Waals surface area contributed by atoms with Gasteiger partial charge in [0.1, 0.15) is 0 Å². The molecule has 0 aliphatic rings. The van der Waals surface area contributed by atoms with E-state index in [1.54, 1.807) is 0 Å². The Morgan fingerprint density at radius 3 is 2.74 bits per heavy atom. The Hall–Kier alpha value is -1.67. The highest BCUT2D eigenvalue weighted by atomic mass is 15.1. The van der Waals surface area contributed by atoms with Crippen LogP contribution < -0.4 is 0 Å². The van der Waals surface area contributed by atoms with Gasteiger partial charge in [-0.05, 0) is 62.9 Å². The third kappa shape index (κ3) is 4.90. The molecule has 1 aromatic carbocycles. The lowest BCUT2D eigenvalue weighted by Gasteiger charge is -2.29. The van der Waals surface area contributed by atoms with Gasteiger partial charge in [-0.25, -0.2) is 0 Å². The molecule has 0 aliphatic carbocycles. The molecular formula is C21H30N2. The van der Waals surface area contributed by atoms with Crippen LogP contribution in [0.25, 0.3) is 10.9 Å². The number of nitrogens with zero attached hydrogens (tertiary/aromatic N) is 2. The standard InChI is InChI=1S/C21H30N2/c1-5-9-17(3)13-15-23(6-2)18(4)16-19-12-14-22-21-11-8-7-10-20(19)21/h5,7-8,10-12,14,17-18H,1,6,9,13,15-16H2,2-4H3. The van der Waals surface area contributed by atoms with Crippen LogP contribution >= 0.6 is 0 Å². The van der Waals surface area contributed by atoms with Crippen LogP contribution in [0.3, 0.4) is 0 Å². The fourth-order valence-electron chi connectivity index (χ4n) is 3.26. The molecule has 0 saturated carbocycles. The second-order valence-corrected chi connectivity index (χ2v) is 6.59. The van der Waals surface area contributed by atoms with Gasteiger partial charge < -0.3 is 4.90 Å². The number of pyridine rings is 1. The number of rotatable bonds is 9. The van der Waals surface area contributed by atoms with Crippen LogP contribution in [0.15, 0.2) is 49.2 Å². The van der Waals surface area contributed by atoms with Crippen molar-refractivity contribution >= 4 is 10.9 Å². The Bertz CT molecular complexity index is 615. The van der Waals surface area contributed by atoms with E-state index in [2.05, 4.69) is 67.6 Å². The van der Waals surface area contributed by atoms with Crippen molar-refractivity contribution in [3.8, 4) is 0 Å². The van der Waals surface area contributed by atoms with Gasteiger partial charge in [-0.15, -0.1) is 6.58 Å². The summed E-state index contributed by atoms with van der Waals surface area (Å²) in [5.41, 5.74) is 2.50. The largest absolute Gasteiger partial charge is 0.301 e. The lowest BCUT2D eigenvalue weighted by Crippen LogP contribution is -2.36. The molecule has 2 nitrogen and oxygen atoms in total. The summed E-state index contributed by atoms with van der Waals surface area (Å²) in [7, 11) is 0. The van der Waals surface area contributed by atoms with Crippen LogP contribution in [0.1, 0.15) is 39.2 Å². The van der Waals surface area contributed by atoms with Crippen molar-refractivity contribution in [3.63, 3.8) is 0 Å². The summed E-state index contributed by atoms with van der Waals surface area (Å²) in [6, 6.07) is 11.2. The van der Waals surface area contributed by atoms with E-state index < -0.39 is 0 Å². The first kappa shape index (κ1) is 17.7. The Morgan fingerprint density at radius 1 is 1.22 bits per heavy atom. The molecule has 2 atom stereocenters. The molecule has 23 heavy (non-hydrogen) atoms. The van der Waals surface area contributed by atoms with Gasteiger partial charge in [0.25, 0.3) is 0 Å². The SMILES string of the molecule is C=CCC(C)CCN(CC)C(C)Cc1ccnc2ccccc12. The van der Waals surface area contributed by atoms with Crippen LogP contribution in [0, 0.1) is 5.92 Å². The molecule has 0 N–H and O–H groups in total. The molecule has 0 bridgehead atoms. The van der Waals surface area contributed by atoms with Gasteiger partial charge in [0.15, 0.2) is 0 Å². The number of hydrogen-bond acceptors (Lipinski definition) is 2. The van der Waals surface area contributed by atoms with Crippen molar-refractivity contribution in [3.05, 3.63) is 54.7 Å². The summed E-state index contributed by atoms with van der Waals surface area (Å²) < 4.78 is 0. The van der Waals surface area contributed by atoms with Crippen LogP contribution in [-0.2, 0) is 6.42 Å². The van der Waals surface area contributed by atoms with Gasteiger partial charge in [-0.2, -0.15) is 0 Å². The Labute approximate surface area is 141 Å². The molecule has 0 amide bonds. The number of para-hydroxylation sites is 1. The highest BCUT2D eigenvalue weighted by molar-refractivity contribution is 5.81. The molecule has 1 aromatic heterocycles. The molecule has 2 unspecified atom stereocenters. The highest BCUT2D eigenvalue weighted by Crippen LogP contribution is 2.20. The first-order valence-electron chi connectivity index (χ1n) is 8.83. The minimum absolute atomic E-state index is 0.543. The van der Waals surface area contributed by atoms with Crippen LogP contribution in [0.4, 0.5) is 0 Å². The molecule has 2 aromatic rings. The van der Waals surface area contributed by atoms with Crippen molar-refractivity contribution in [1.29, 1.82) is 0 Å². The van der Waals surface area contributed by atoms with Crippen molar-refractivity contribution in [2.75, 3.05) is 13.1 Å². The maximum absolute atomic E-state index is 4.47. The number of benzene rings is 1. The zero-order valence-corrected chi connectivity index (χ0v) is 14.8. The third-order valence-corrected chi connectivity index (χ3v) is 4.76. The number of fused-ring (bicyclic) bond motifs is 1. The van der Waals surface area contributed by atoms with Gasteiger partial charge >= 0.3 is 0 Å². The van der Waals surface area contributed by atoms with E-state index in [-0.39, 0.29) is 0 Å². The maximum atomic E-state index is 4.47. The fourth-order valence-corrected chi connectivity index (χ4v) is 3.26. The molecule has 0 radical (unpaired) electrons. The van der Waals surface area contributed by atoms with Gasteiger partial charge in [0.05, 0.1) is 5.52 Å². The normalized spacial score (nSPS) is 14.1. The zero-order chi connectivity index (χ0) is 16.7. The predicted octanol–water partition coefficient (Wildman–Crippen LogP) is 5.09. The number of hydrogen-bond donors (Lipinski definition) is 0. The van der Waals surface area contributed by atoms with Gasteiger partial charge in [0.2, 0.25) is 0 Å². The first-order valence-corrected chi connectivity index (χ1v) is 8.83. The molecule has 0 saturated heterocycles. The second kappa shape index (κ2) is 8.83. The van der Waals surface area contributed by atoms with Gasteiger partial charge in [-0.1, -0.05) is 38.1 Å². The summed E-state index contributed by atoms with van der Waals surface area (Å²) in [6.07, 6.45) is 7.40. The summed E-state index contributed by atoms with van der Waals surface area (Å²) >= 11 is 0. The quantitative estimate of drug-likeness (QED) is 0.600. The Balaban J connectivity index is 2.03. The average molecular weight is 310 g/mol. The molecule has 124 valence electrons. The molecular weight excluding hydrogens is 280 g/mol. The Morgan fingerprint density at radius 2 is 2.00 bits per heavy atom. The van der Waals surface area contributed by atoms with Crippen LogP contribution in [0.5, 0.6) is 0 Å². The van der Waals surface area contributed by atoms with Crippen molar-refractivity contribution in [2.24, 2.45) is 5.92 Å². The predicted molar refractivity (Wildman–Crippen MR) is 101 cm³/mol. The second-order valence-electron chi connectivity index (χ2n) is 6.59. The molecule has 2 heteroatoms. The monoisotopic (exact) mass is 310 g/mol. The third-order valence-electron chi connectivity index (χ3n) is 4.76. The number of aromatic nitrogens is 1. The van der Waals surface area contributed by atoms with Crippen molar-refractivity contribution in [1.82, 2.24) is 9.88 Å². The lowest BCUT2D eigenvalue weighted by molar-refractivity contribution is 0.205. The maximum Gasteiger partial charge on any atom is 0.0704 e. The van der Waals surface area contributed by atoms with Crippen molar-refractivity contribution in [2.45, 2.75) is 46.1 Å². The summed E-state index contributed by atoms with van der Waals surface area (Å²) in [6.45, 7) is 13.0. The van der Waals surface area contributed by atoms with Gasteiger partial charge in [0, 0.05) is 17.6 Å². The number of likely N-dealkylation sites (N-methyl/N-ethyl adjacent to an activating group) is 1. The van der Waals surface area contributed by atoms with Crippen molar-refractivity contribution < 1.29 is 0 Å². The van der Waals surface area contributed by atoms with E-state index >= 15 is 0 Å². The smallest absolute Gasteiger partial charge is 0.0704 e. The molecule has 1 heterocycles. The van der Waals surface area contributed by atoms with E-state index in [9.17, 15) is 0 Å². The van der Waals surface area contributed by atoms with E-state index in [0.717, 1.165) is 37.4 Å². The van der Waals surface area contributed by atoms with E-state index in [0.29, 0.717) is 6.04 Å². The minimum atomic E-state index is 0.543. The van der Waals surface area contributed by atoms with E-state index in [1.165, 1.54) is 17.4 Å². The summed E-state index contributed by atoms with van der Waals surface area (Å²) in [5, 5.41) is 1.29. The topological polar surface area (TPSA) is 16.1 Å². The lowest BCUT2D eigenvalue weighted by atomic mass is 10.00. The molecule has 0 fully saturated rings. The molecule has 2 rings (SSSR count). The zero-order valence-electron chi connectivity index (χ0n) is 14.8. The highest BCUT2D eigenvalue weighted by Gasteiger charge is 2.15. The Kier molecular flexibility index (Phi) is 6.79. The molecule has 0 aliphatic heterocycles. The average Bonchev–Trinajstić information content (AvgIpc) is 2.56. The van der Waals surface area contributed by atoms with Crippen LogP contribution in [-0.4, -0.2) is 29.0 Å².